The Morgan fingerprint density at radius 2 is 1.85 bits per heavy atom. The third-order valence-electron chi connectivity index (χ3n) is 5.16. The number of halogens is 1. The van der Waals surface area contributed by atoms with Gasteiger partial charge in [-0.15, -0.1) is 24.0 Å². The molecule has 154 valence electrons. The Kier molecular flexibility index (Phi) is 10.2. The lowest BCUT2D eigenvalue weighted by atomic mass is 9.94. The maximum Gasteiger partial charge on any atom is 0.193 e. The van der Waals surface area contributed by atoms with E-state index in [1.54, 1.807) is 14.2 Å². The van der Waals surface area contributed by atoms with Gasteiger partial charge in [-0.05, 0) is 49.9 Å². The van der Waals surface area contributed by atoms with Crippen LogP contribution in [0.5, 0.6) is 11.5 Å². The second kappa shape index (κ2) is 11.6. The second-order valence-corrected chi connectivity index (χ2v) is 7.45. The minimum absolute atomic E-state index is 0. The highest BCUT2D eigenvalue weighted by atomic mass is 127. The largest absolute Gasteiger partial charge is 0.493 e. The minimum atomic E-state index is 0. The quantitative estimate of drug-likeness (QED) is 0.346. The lowest BCUT2D eigenvalue weighted by molar-refractivity contribution is 0.113. The van der Waals surface area contributed by atoms with Crippen molar-refractivity contribution < 1.29 is 9.47 Å². The van der Waals surface area contributed by atoms with Gasteiger partial charge < -0.3 is 20.5 Å². The van der Waals surface area contributed by atoms with E-state index in [-0.39, 0.29) is 24.0 Å². The number of methoxy groups -OCH3 is 2. The van der Waals surface area contributed by atoms with Gasteiger partial charge in [0.1, 0.15) is 0 Å². The number of nitrogens with two attached hydrogens (primary N) is 1. The first-order chi connectivity index (χ1) is 12.4. The molecular weight excluding hydrogens is 455 g/mol. The van der Waals surface area contributed by atoms with Crippen LogP contribution in [-0.4, -0.2) is 50.8 Å². The molecule has 6 nitrogen and oxygen atoms in total. The number of ether oxygens (including phenoxy) is 2. The topological polar surface area (TPSA) is 72.1 Å². The van der Waals surface area contributed by atoms with Crippen molar-refractivity contribution in [2.24, 2.45) is 22.6 Å². The number of nitrogens with one attached hydrogen (secondary N) is 1. The molecule has 0 radical (unpaired) electrons. The van der Waals surface area contributed by atoms with Crippen LogP contribution in [0.1, 0.15) is 33.6 Å². The van der Waals surface area contributed by atoms with Crippen molar-refractivity contribution >= 4 is 35.6 Å². The van der Waals surface area contributed by atoms with Gasteiger partial charge in [0.2, 0.25) is 0 Å². The molecule has 1 unspecified atom stereocenters. The van der Waals surface area contributed by atoms with Gasteiger partial charge in [-0.3, -0.25) is 9.89 Å². The Bertz CT molecular complexity index is 602. The summed E-state index contributed by atoms with van der Waals surface area (Å²) in [5.41, 5.74) is 6.95. The fourth-order valence-corrected chi connectivity index (χ4v) is 3.40. The summed E-state index contributed by atoms with van der Waals surface area (Å²) in [6.07, 6.45) is 2.54. The molecule has 0 saturated carbocycles. The van der Waals surface area contributed by atoms with Crippen molar-refractivity contribution in [3.05, 3.63) is 18.2 Å². The molecule has 1 aromatic rings. The van der Waals surface area contributed by atoms with Gasteiger partial charge in [0.05, 0.1) is 20.8 Å². The van der Waals surface area contributed by atoms with E-state index in [2.05, 4.69) is 36.0 Å². The Balaban J connectivity index is 0.00000364. The zero-order valence-corrected chi connectivity index (χ0v) is 19.5. The first-order valence-corrected chi connectivity index (χ1v) is 9.47. The lowest BCUT2D eigenvalue weighted by Gasteiger charge is -2.38. The van der Waals surface area contributed by atoms with Crippen molar-refractivity contribution in [3.8, 4) is 11.5 Å². The summed E-state index contributed by atoms with van der Waals surface area (Å²) in [7, 11) is 3.24. The highest BCUT2D eigenvalue weighted by Gasteiger charge is 2.25. The molecule has 1 fully saturated rings. The number of hydrogen-bond donors (Lipinski definition) is 2. The van der Waals surface area contributed by atoms with Crippen LogP contribution in [0.2, 0.25) is 0 Å². The van der Waals surface area contributed by atoms with E-state index in [1.807, 2.05) is 18.2 Å². The third-order valence-corrected chi connectivity index (χ3v) is 5.16. The average Bonchev–Trinajstić information content (AvgIpc) is 2.63. The van der Waals surface area contributed by atoms with E-state index in [0.717, 1.165) is 24.7 Å². The van der Waals surface area contributed by atoms with E-state index in [0.29, 0.717) is 36.0 Å². The first-order valence-electron chi connectivity index (χ1n) is 9.47. The Morgan fingerprint density at radius 1 is 1.22 bits per heavy atom. The summed E-state index contributed by atoms with van der Waals surface area (Å²) >= 11 is 0. The van der Waals surface area contributed by atoms with Gasteiger partial charge >= 0.3 is 0 Å². The summed E-state index contributed by atoms with van der Waals surface area (Å²) in [5.74, 6) is 3.15. The molecule has 1 saturated heterocycles. The van der Waals surface area contributed by atoms with Crippen molar-refractivity contribution in [2.45, 2.75) is 39.7 Å². The normalized spacial score (nSPS) is 17.3. The molecule has 0 spiro atoms. The summed E-state index contributed by atoms with van der Waals surface area (Å²) in [6, 6.07) is 6.02. The predicted octanol–water partition coefficient (Wildman–Crippen LogP) is 3.80. The van der Waals surface area contributed by atoms with E-state index in [9.17, 15) is 0 Å². The zero-order chi connectivity index (χ0) is 19.1. The number of rotatable bonds is 7. The molecule has 1 heterocycles. The van der Waals surface area contributed by atoms with Crippen LogP contribution in [0, 0.1) is 11.8 Å². The molecule has 7 heteroatoms. The van der Waals surface area contributed by atoms with Gasteiger partial charge in [-0.2, -0.15) is 0 Å². The van der Waals surface area contributed by atoms with E-state index in [4.69, 9.17) is 15.2 Å². The molecule has 1 aliphatic rings. The van der Waals surface area contributed by atoms with E-state index in [1.165, 1.54) is 12.8 Å². The van der Waals surface area contributed by atoms with E-state index >= 15 is 0 Å². The van der Waals surface area contributed by atoms with Gasteiger partial charge in [0, 0.05) is 17.8 Å². The molecule has 27 heavy (non-hydrogen) atoms. The van der Waals surface area contributed by atoms with Crippen LogP contribution in [-0.2, 0) is 0 Å². The maximum absolute atomic E-state index is 6.12. The number of piperidine rings is 1. The van der Waals surface area contributed by atoms with Crippen LogP contribution in [0.15, 0.2) is 23.2 Å². The van der Waals surface area contributed by atoms with Crippen LogP contribution < -0.4 is 20.5 Å². The Labute approximate surface area is 180 Å². The molecule has 3 N–H and O–H groups in total. The van der Waals surface area contributed by atoms with Crippen LogP contribution in [0.3, 0.4) is 0 Å². The Morgan fingerprint density at radius 3 is 2.41 bits per heavy atom. The number of likely N-dealkylation sites (tertiary alicyclic amines) is 1. The number of benzene rings is 1. The number of anilines is 1. The smallest absolute Gasteiger partial charge is 0.193 e. The van der Waals surface area contributed by atoms with E-state index < -0.39 is 0 Å². The molecular formula is C20H35IN4O2. The second-order valence-electron chi connectivity index (χ2n) is 7.45. The van der Waals surface area contributed by atoms with Gasteiger partial charge in [0.25, 0.3) is 0 Å². The fraction of sp³-hybridized carbons (Fsp3) is 0.650. The number of guanidine groups is 1. The molecule has 0 aliphatic carbocycles. The molecule has 0 aromatic heterocycles. The highest BCUT2D eigenvalue weighted by Crippen LogP contribution is 2.29. The first kappa shape index (κ1) is 23.8. The monoisotopic (exact) mass is 490 g/mol. The minimum Gasteiger partial charge on any atom is -0.493 e. The SMILES string of the molecule is COc1ccc(NC(N)=NCC(C(C)C)N2CCC(C)CC2)cc1OC.I. The molecule has 1 atom stereocenters. The van der Waals surface area contributed by atoms with Crippen LogP contribution in [0.4, 0.5) is 5.69 Å². The van der Waals surface area contributed by atoms with Crippen molar-refractivity contribution in [2.75, 3.05) is 39.2 Å². The standard InChI is InChI=1S/C20H34N4O2.HI/c1-14(2)17(24-10-8-15(3)9-11-24)13-22-20(21)23-16-6-7-18(25-4)19(12-16)26-5;/h6-7,12,14-15,17H,8-11,13H2,1-5H3,(H3,21,22,23);1H. The predicted molar refractivity (Wildman–Crippen MR) is 124 cm³/mol. The Hall–Kier alpha value is -1.22. The van der Waals surface area contributed by atoms with Crippen molar-refractivity contribution in [1.29, 1.82) is 0 Å². The molecule has 1 aromatic carbocycles. The molecule has 2 rings (SSSR count). The third kappa shape index (κ3) is 7.03. The fourth-order valence-electron chi connectivity index (χ4n) is 3.40. The zero-order valence-electron chi connectivity index (χ0n) is 17.2. The van der Waals surface area contributed by atoms with Crippen molar-refractivity contribution in [3.63, 3.8) is 0 Å². The van der Waals surface area contributed by atoms with Crippen LogP contribution >= 0.6 is 24.0 Å². The lowest BCUT2D eigenvalue weighted by Crippen LogP contribution is -2.45. The highest BCUT2D eigenvalue weighted by molar-refractivity contribution is 14.0. The van der Waals surface area contributed by atoms with Gasteiger partial charge in [-0.25, -0.2) is 0 Å². The maximum atomic E-state index is 6.12. The molecule has 0 amide bonds. The molecule has 1 aliphatic heterocycles. The summed E-state index contributed by atoms with van der Waals surface area (Å²) < 4.78 is 10.6. The average molecular weight is 490 g/mol. The van der Waals surface area contributed by atoms with Gasteiger partial charge in [-0.1, -0.05) is 20.8 Å². The summed E-state index contributed by atoms with van der Waals surface area (Å²) in [4.78, 5) is 7.17. The summed E-state index contributed by atoms with van der Waals surface area (Å²) in [5, 5.41) is 3.15. The van der Waals surface area contributed by atoms with Crippen molar-refractivity contribution in [1.82, 2.24) is 4.90 Å². The van der Waals surface area contributed by atoms with Crippen LogP contribution in [0.25, 0.3) is 0 Å². The number of aliphatic imine (C=N–C) groups is 1. The number of hydrogen-bond acceptors (Lipinski definition) is 4. The summed E-state index contributed by atoms with van der Waals surface area (Å²) in [6.45, 7) is 9.88. The number of nitrogens with zero attached hydrogens (tertiary/aromatic N) is 2. The molecule has 0 bridgehead atoms. The van der Waals surface area contributed by atoms with Gasteiger partial charge in [0.15, 0.2) is 17.5 Å².